The van der Waals surface area contributed by atoms with Crippen LogP contribution in [-0.4, -0.2) is 24.1 Å². The van der Waals surface area contributed by atoms with Crippen molar-refractivity contribution in [1.82, 2.24) is 0 Å². The molecule has 1 aliphatic heterocycles. The van der Waals surface area contributed by atoms with E-state index in [4.69, 9.17) is 9.84 Å². The average Bonchev–Trinajstić information content (AvgIpc) is 2.46. The third kappa shape index (κ3) is 2.22. The highest BCUT2D eigenvalue weighted by atomic mass is 16.5. The summed E-state index contributed by atoms with van der Waals surface area (Å²) in [5.41, 5.74) is 1.57. The molecule has 2 N–H and O–H groups in total. The minimum atomic E-state index is -1.08. The third-order valence-electron chi connectivity index (χ3n) is 2.89. The first kappa shape index (κ1) is 11.4. The van der Waals surface area contributed by atoms with Gasteiger partial charge in [0.25, 0.3) is 0 Å². The molecule has 1 amide bonds. The van der Waals surface area contributed by atoms with Gasteiger partial charge >= 0.3 is 5.97 Å². The first-order valence-electron chi connectivity index (χ1n) is 5.32. The highest BCUT2D eigenvalue weighted by Gasteiger charge is 2.29. The van der Waals surface area contributed by atoms with E-state index < -0.39 is 17.8 Å². The molecule has 1 aliphatic rings. The maximum atomic E-state index is 11.7. The van der Waals surface area contributed by atoms with Crippen molar-refractivity contribution >= 4 is 17.6 Å². The highest BCUT2D eigenvalue weighted by Crippen LogP contribution is 2.28. The molecule has 1 heterocycles. The molecule has 0 fully saturated rings. The number of carbonyl (C=O) groups is 2. The fraction of sp³-hybridized carbons (Fsp3) is 0.333. The van der Waals surface area contributed by atoms with Gasteiger partial charge in [-0.3, -0.25) is 9.59 Å². The summed E-state index contributed by atoms with van der Waals surface area (Å²) in [5.74, 6) is -1.89. The van der Waals surface area contributed by atoms with Crippen molar-refractivity contribution in [1.29, 1.82) is 0 Å². The van der Waals surface area contributed by atoms with E-state index in [9.17, 15) is 9.59 Å². The number of ether oxygens (including phenoxy) is 1. The van der Waals surface area contributed by atoms with Crippen LogP contribution in [0.1, 0.15) is 12.0 Å². The lowest BCUT2D eigenvalue weighted by Gasteiger charge is -2.09. The van der Waals surface area contributed by atoms with E-state index in [0.717, 1.165) is 5.56 Å². The molecule has 1 aromatic carbocycles. The summed E-state index contributed by atoms with van der Waals surface area (Å²) in [6, 6.07) is 5.35. The molecule has 0 radical (unpaired) electrons. The van der Waals surface area contributed by atoms with Crippen LogP contribution in [0.15, 0.2) is 18.2 Å². The Hall–Kier alpha value is -2.04. The topological polar surface area (TPSA) is 75.6 Å². The Morgan fingerprint density at radius 3 is 2.94 bits per heavy atom. The van der Waals surface area contributed by atoms with E-state index in [0.29, 0.717) is 24.3 Å². The van der Waals surface area contributed by atoms with Gasteiger partial charge in [0.15, 0.2) is 0 Å². The zero-order valence-corrected chi connectivity index (χ0v) is 9.40. The van der Waals surface area contributed by atoms with E-state index in [1.54, 1.807) is 19.2 Å². The van der Waals surface area contributed by atoms with Crippen molar-refractivity contribution < 1.29 is 19.4 Å². The van der Waals surface area contributed by atoms with Crippen LogP contribution in [0.25, 0.3) is 0 Å². The number of fused-ring (bicyclic) bond motifs is 1. The molecule has 5 nitrogen and oxygen atoms in total. The number of aliphatic carboxylic acids is 1. The molecule has 90 valence electrons. The van der Waals surface area contributed by atoms with Gasteiger partial charge in [-0.1, -0.05) is 6.07 Å². The molecule has 17 heavy (non-hydrogen) atoms. The van der Waals surface area contributed by atoms with Crippen LogP contribution in [0, 0.1) is 5.92 Å². The Morgan fingerprint density at radius 1 is 1.53 bits per heavy atom. The number of hydrogen-bond donors (Lipinski definition) is 2. The molecule has 0 saturated heterocycles. The number of amides is 1. The van der Waals surface area contributed by atoms with Crippen molar-refractivity contribution in [2.24, 2.45) is 5.92 Å². The van der Waals surface area contributed by atoms with Crippen molar-refractivity contribution in [2.45, 2.75) is 12.8 Å². The summed E-state index contributed by atoms with van der Waals surface area (Å²) in [6.07, 6.45) is 0.884. The second kappa shape index (κ2) is 4.45. The van der Waals surface area contributed by atoms with Gasteiger partial charge in [0.1, 0.15) is 11.7 Å². The number of methoxy groups -OCH3 is 1. The fourth-order valence-corrected chi connectivity index (χ4v) is 1.90. The Labute approximate surface area is 98.4 Å². The second-order valence-corrected chi connectivity index (χ2v) is 3.94. The Balaban J connectivity index is 2.32. The van der Waals surface area contributed by atoms with E-state index in [1.807, 2.05) is 6.07 Å². The van der Waals surface area contributed by atoms with Crippen molar-refractivity contribution in [3.63, 3.8) is 0 Å². The summed E-state index contributed by atoms with van der Waals surface area (Å²) in [4.78, 5) is 22.6. The lowest BCUT2D eigenvalue weighted by atomic mass is 10.0. The van der Waals surface area contributed by atoms with Crippen LogP contribution in [0.3, 0.4) is 0 Å². The lowest BCUT2D eigenvalue weighted by molar-refractivity contribution is -0.145. The molecule has 0 spiro atoms. The van der Waals surface area contributed by atoms with Gasteiger partial charge in [0.05, 0.1) is 7.11 Å². The number of anilines is 1. The number of hydrogen-bond acceptors (Lipinski definition) is 3. The van der Waals surface area contributed by atoms with Gasteiger partial charge in [-0.15, -0.1) is 0 Å². The number of nitrogens with one attached hydrogen (secondary N) is 1. The number of benzene rings is 1. The average molecular weight is 235 g/mol. The summed E-state index contributed by atoms with van der Waals surface area (Å²) < 4.78 is 5.06. The highest BCUT2D eigenvalue weighted by molar-refractivity contribution is 6.05. The summed E-state index contributed by atoms with van der Waals surface area (Å²) in [5, 5.41) is 11.6. The second-order valence-electron chi connectivity index (χ2n) is 3.94. The quantitative estimate of drug-likeness (QED) is 0.757. The molecule has 1 unspecified atom stereocenters. The third-order valence-corrected chi connectivity index (χ3v) is 2.89. The molecule has 2 rings (SSSR count). The first-order chi connectivity index (χ1) is 8.11. The van der Waals surface area contributed by atoms with Crippen LogP contribution in [0.5, 0.6) is 5.75 Å². The van der Waals surface area contributed by atoms with Gasteiger partial charge < -0.3 is 15.2 Å². The van der Waals surface area contributed by atoms with Crippen LogP contribution in [-0.2, 0) is 16.0 Å². The molecule has 0 saturated carbocycles. The zero-order valence-electron chi connectivity index (χ0n) is 9.40. The van der Waals surface area contributed by atoms with Crippen LogP contribution in [0.2, 0.25) is 0 Å². The van der Waals surface area contributed by atoms with Crippen molar-refractivity contribution in [2.75, 3.05) is 12.4 Å². The van der Waals surface area contributed by atoms with Gasteiger partial charge in [0, 0.05) is 11.8 Å². The monoisotopic (exact) mass is 235 g/mol. The van der Waals surface area contributed by atoms with E-state index >= 15 is 0 Å². The van der Waals surface area contributed by atoms with Crippen LogP contribution >= 0.6 is 0 Å². The fourth-order valence-electron chi connectivity index (χ4n) is 1.90. The van der Waals surface area contributed by atoms with E-state index in [1.165, 1.54) is 0 Å². The maximum absolute atomic E-state index is 11.7. The summed E-state index contributed by atoms with van der Waals surface area (Å²) in [6.45, 7) is 0. The lowest BCUT2D eigenvalue weighted by Crippen LogP contribution is -2.28. The Morgan fingerprint density at radius 2 is 2.29 bits per heavy atom. The first-order valence-corrected chi connectivity index (χ1v) is 5.32. The van der Waals surface area contributed by atoms with Gasteiger partial charge in [0.2, 0.25) is 5.91 Å². The molecule has 0 aromatic heterocycles. The number of carbonyl (C=O) groups excluding carboxylic acids is 1. The summed E-state index contributed by atoms with van der Waals surface area (Å²) >= 11 is 0. The van der Waals surface area contributed by atoms with Gasteiger partial charge in [-0.25, -0.2) is 0 Å². The minimum Gasteiger partial charge on any atom is -0.497 e. The maximum Gasteiger partial charge on any atom is 0.316 e. The van der Waals surface area contributed by atoms with Gasteiger partial charge in [-0.05, 0) is 24.5 Å². The normalized spacial score (nSPS) is 18.9. The number of aryl methyl sites for hydroxylation is 1. The Kier molecular flexibility index (Phi) is 2.99. The predicted molar refractivity (Wildman–Crippen MR) is 61.1 cm³/mol. The number of carboxylic acids is 1. The molecular weight excluding hydrogens is 222 g/mol. The predicted octanol–water partition coefficient (Wildman–Crippen LogP) is 1.28. The number of rotatable bonds is 2. The Bertz CT molecular complexity index is 470. The molecule has 0 bridgehead atoms. The molecule has 0 aliphatic carbocycles. The minimum absolute atomic E-state index is 0.320. The molecule has 1 aromatic rings. The smallest absolute Gasteiger partial charge is 0.316 e. The standard InChI is InChI=1S/C12H13NO4/c1-17-8-4-2-7-3-5-9(12(15)16)11(14)13-10(7)6-8/h2,4,6,9H,3,5H2,1H3,(H,13,14)(H,15,16). The number of carboxylic acid groups (broad SMARTS) is 1. The zero-order chi connectivity index (χ0) is 12.4. The van der Waals surface area contributed by atoms with Crippen LogP contribution < -0.4 is 10.1 Å². The molecular formula is C12H13NO4. The van der Waals surface area contributed by atoms with E-state index in [-0.39, 0.29) is 0 Å². The largest absolute Gasteiger partial charge is 0.497 e. The van der Waals surface area contributed by atoms with Crippen molar-refractivity contribution in [3.8, 4) is 5.75 Å². The van der Waals surface area contributed by atoms with Crippen molar-refractivity contribution in [3.05, 3.63) is 23.8 Å². The van der Waals surface area contributed by atoms with Crippen LogP contribution in [0.4, 0.5) is 5.69 Å². The van der Waals surface area contributed by atoms with E-state index in [2.05, 4.69) is 5.32 Å². The summed E-state index contributed by atoms with van der Waals surface area (Å²) in [7, 11) is 1.54. The molecule has 1 atom stereocenters. The van der Waals surface area contributed by atoms with Gasteiger partial charge in [-0.2, -0.15) is 0 Å². The SMILES string of the molecule is COc1ccc2c(c1)NC(=O)C(C(=O)O)CC2. The molecule has 5 heteroatoms.